The van der Waals surface area contributed by atoms with E-state index in [1.165, 1.54) is 16.0 Å². The fraction of sp³-hybridized carbons (Fsp3) is 0.474. The number of guanidine groups is 1. The molecule has 0 radical (unpaired) electrons. The molecule has 0 spiro atoms. The first-order chi connectivity index (χ1) is 12.2. The van der Waals surface area contributed by atoms with Crippen LogP contribution in [0.15, 0.2) is 35.5 Å². The van der Waals surface area contributed by atoms with Gasteiger partial charge >= 0.3 is 0 Å². The molecule has 1 aromatic heterocycles. The Kier molecular flexibility index (Phi) is 8.42. The van der Waals surface area contributed by atoms with Gasteiger partial charge < -0.3 is 15.4 Å². The Morgan fingerprint density at radius 2 is 1.88 bits per heavy atom. The number of aliphatic imine (C=N–C) groups is 1. The second-order valence-corrected chi connectivity index (χ2v) is 6.78. The van der Waals surface area contributed by atoms with Crippen LogP contribution < -0.4 is 10.6 Å². The lowest BCUT2D eigenvalue weighted by Crippen LogP contribution is -2.36. The summed E-state index contributed by atoms with van der Waals surface area (Å²) >= 11 is 1.75. The standard InChI is InChI=1S/C19H28N4OS/c1-4-17-12-21-18(25-17)13-23-19(20-5-2)22-11-15-7-9-16(10-8-15)14-24-6-3/h7-10,12H,4-6,11,13-14H2,1-3H3,(H2,20,22,23). The van der Waals surface area contributed by atoms with E-state index in [9.17, 15) is 0 Å². The first kappa shape index (κ1) is 19.4. The zero-order valence-electron chi connectivity index (χ0n) is 15.3. The van der Waals surface area contributed by atoms with Crippen LogP contribution in [-0.4, -0.2) is 24.1 Å². The van der Waals surface area contributed by atoms with Crippen molar-refractivity contribution in [2.45, 2.75) is 46.9 Å². The largest absolute Gasteiger partial charge is 0.377 e. The molecule has 6 heteroatoms. The third-order valence-electron chi connectivity index (χ3n) is 3.62. The van der Waals surface area contributed by atoms with E-state index in [-0.39, 0.29) is 0 Å². The Labute approximate surface area is 154 Å². The maximum atomic E-state index is 5.42. The van der Waals surface area contributed by atoms with Crippen LogP contribution in [0.1, 0.15) is 41.8 Å². The number of aromatic nitrogens is 1. The van der Waals surface area contributed by atoms with Crippen molar-refractivity contribution < 1.29 is 4.74 Å². The molecular weight excluding hydrogens is 332 g/mol. The van der Waals surface area contributed by atoms with Gasteiger partial charge in [-0.3, -0.25) is 0 Å². The molecule has 0 unspecified atom stereocenters. The van der Waals surface area contributed by atoms with Crippen LogP contribution in [0.3, 0.4) is 0 Å². The van der Waals surface area contributed by atoms with Crippen molar-refractivity contribution >= 4 is 17.3 Å². The smallest absolute Gasteiger partial charge is 0.191 e. The fourth-order valence-electron chi connectivity index (χ4n) is 2.23. The molecule has 2 N–H and O–H groups in total. The quantitative estimate of drug-likeness (QED) is 0.531. The average molecular weight is 361 g/mol. The van der Waals surface area contributed by atoms with E-state index < -0.39 is 0 Å². The zero-order chi connectivity index (χ0) is 17.9. The van der Waals surface area contributed by atoms with Crippen molar-refractivity contribution in [3.05, 3.63) is 51.5 Å². The highest BCUT2D eigenvalue weighted by molar-refractivity contribution is 7.11. The van der Waals surface area contributed by atoms with Crippen LogP contribution in [0.4, 0.5) is 0 Å². The van der Waals surface area contributed by atoms with Crippen LogP contribution in [0.25, 0.3) is 0 Å². The molecule has 0 saturated carbocycles. The number of nitrogens with zero attached hydrogens (tertiary/aromatic N) is 2. The van der Waals surface area contributed by atoms with Crippen molar-refractivity contribution in [1.82, 2.24) is 15.6 Å². The summed E-state index contributed by atoms with van der Waals surface area (Å²) in [6.45, 7) is 9.80. The monoisotopic (exact) mass is 360 g/mol. The second-order valence-electron chi connectivity index (χ2n) is 5.58. The molecule has 0 amide bonds. The molecule has 0 aliphatic heterocycles. The highest BCUT2D eigenvalue weighted by atomic mass is 32.1. The Hall–Kier alpha value is -1.92. The van der Waals surface area contributed by atoms with E-state index in [0.717, 1.165) is 30.5 Å². The molecule has 0 aliphatic carbocycles. The first-order valence-electron chi connectivity index (χ1n) is 8.86. The van der Waals surface area contributed by atoms with Gasteiger partial charge in [0, 0.05) is 24.2 Å². The van der Waals surface area contributed by atoms with Gasteiger partial charge in [-0.25, -0.2) is 9.98 Å². The number of hydrogen-bond acceptors (Lipinski definition) is 4. The molecule has 1 heterocycles. The second kappa shape index (κ2) is 10.8. The fourth-order valence-corrected chi connectivity index (χ4v) is 3.03. The minimum absolute atomic E-state index is 0.641. The van der Waals surface area contributed by atoms with Crippen molar-refractivity contribution in [3.8, 4) is 0 Å². The molecule has 5 nitrogen and oxygen atoms in total. The minimum atomic E-state index is 0.641. The number of aryl methyl sites for hydroxylation is 1. The van der Waals surface area contributed by atoms with Gasteiger partial charge in [0.25, 0.3) is 0 Å². The van der Waals surface area contributed by atoms with E-state index in [1.54, 1.807) is 11.3 Å². The molecule has 0 fully saturated rings. The van der Waals surface area contributed by atoms with Gasteiger partial charge in [-0.1, -0.05) is 31.2 Å². The highest BCUT2D eigenvalue weighted by Gasteiger charge is 2.03. The van der Waals surface area contributed by atoms with Gasteiger partial charge in [-0.2, -0.15) is 0 Å². The van der Waals surface area contributed by atoms with Crippen LogP contribution in [0.2, 0.25) is 0 Å². The Morgan fingerprint density at radius 1 is 1.12 bits per heavy atom. The van der Waals surface area contributed by atoms with E-state index >= 15 is 0 Å². The van der Waals surface area contributed by atoms with Crippen molar-refractivity contribution in [2.75, 3.05) is 13.2 Å². The van der Waals surface area contributed by atoms with E-state index in [4.69, 9.17) is 4.74 Å². The average Bonchev–Trinajstić information content (AvgIpc) is 3.11. The number of hydrogen-bond donors (Lipinski definition) is 2. The molecule has 1 aromatic carbocycles. The van der Waals surface area contributed by atoms with E-state index in [1.807, 2.05) is 13.1 Å². The van der Waals surface area contributed by atoms with Gasteiger partial charge in [0.2, 0.25) is 0 Å². The molecule has 25 heavy (non-hydrogen) atoms. The number of thiazole rings is 1. The number of benzene rings is 1. The van der Waals surface area contributed by atoms with Crippen LogP contribution in [0, 0.1) is 0 Å². The molecule has 0 atom stereocenters. The summed E-state index contributed by atoms with van der Waals surface area (Å²) in [6, 6.07) is 8.41. The molecule has 0 bridgehead atoms. The minimum Gasteiger partial charge on any atom is -0.377 e. The Balaban J connectivity index is 1.89. The SMILES string of the molecule is CCNC(=NCc1ccc(COCC)cc1)NCc1ncc(CC)s1. The maximum absolute atomic E-state index is 5.42. The Morgan fingerprint density at radius 3 is 2.52 bits per heavy atom. The zero-order valence-corrected chi connectivity index (χ0v) is 16.2. The lowest BCUT2D eigenvalue weighted by molar-refractivity contribution is 0.134. The van der Waals surface area contributed by atoms with Gasteiger partial charge in [-0.15, -0.1) is 11.3 Å². The molecule has 136 valence electrons. The van der Waals surface area contributed by atoms with Gasteiger partial charge in [0.15, 0.2) is 5.96 Å². The normalized spacial score (nSPS) is 11.6. The van der Waals surface area contributed by atoms with Crippen molar-refractivity contribution in [1.29, 1.82) is 0 Å². The molecule has 0 aliphatic rings. The van der Waals surface area contributed by atoms with Crippen LogP contribution >= 0.6 is 11.3 Å². The predicted molar refractivity (Wildman–Crippen MR) is 105 cm³/mol. The van der Waals surface area contributed by atoms with E-state index in [2.05, 4.69) is 58.7 Å². The summed E-state index contributed by atoms with van der Waals surface area (Å²) < 4.78 is 5.42. The molecule has 2 rings (SSSR count). The third-order valence-corrected chi connectivity index (χ3v) is 4.76. The van der Waals surface area contributed by atoms with Crippen molar-refractivity contribution in [2.24, 2.45) is 4.99 Å². The highest BCUT2D eigenvalue weighted by Crippen LogP contribution is 2.12. The summed E-state index contributed by atoms with van der Waals surface area (Å²) in [4.78, 5) is 10.4. The summed E-state index contributed by atoms with van der Waals surface area (Å²) in [5, 5.41) is 7.72. The number of nitrogens with one attached hydrogen (secondary N) is 2. The predicted octanol–water partition coefficient (Wildman–Crippen LogP) is 3.50. The lowest BCUT2D eigenvalue weighted by Gasteiger charge is -2.10. The van der Waals surface area contributed by atoms with Crippen molar-refractivity contribution in [3.63, 3.8) is 0 Å². The van der Waals surface area contributed by atoms with E-state index in [0.29, 0.717) is 19.7 Å². The molecule has 0 saturated heterocycles. The topological polar surface area (TPSA) is 58.5 Å². The van der Waals surface area contributed by atoms with Crippen LogP contribution in [-0.2, 0) is 30.9 Å². The first-order valence-corrected chi connectivity index (χ1v) is 9.68. The number of ether oxygens (including phenoxy) is 1. The summed E-state index contributed by atoms with van der Waals surface area (Å²) in [5.74, 6) is 0.814. The molecular formula is C19H28N4OS. The summed E-state index contributed by atoms with van der Waals surface area (Å²) in [7, 11) is 0. The van der Waals surface area contributed by atoms with Gasteiger partial charge in [-0.05, 0) is 31.4 Å². The number of rotatable bonds is 9. The Bertz CT molecular complexity index is 652. The van der Waals surface area contributed by atoms with Gasteiger partial charge in [0.05, 0.1) is 19.7 Å². The third kappa shape index (κ3) is 6.84. The van der Waals surface area contributed by atoms with Crippen LogP contribution in [0.5, 0.6) is 0 Å². The van der Waals surface area contributed by atoms with Gasteiger partial charge in [0.1, 0.15) is 5.01 Å². The lowest BCUT2D eigenvalue weighted by atomic mass is 10.1. The molecule has 2 aromatic rings. The summed E-state index contributed by atoms with van der Waals surface area (Å²) in [6.07, 6.45) is 2.99. The summed E-state index contributed by atoms with van der Waals surface area (Å²) in [5.41, 5.74) is 2.37. The maximum Gasteiger partial charge on any atom is 0.191 e.